The van der Waals surface area contributed by atoms with Crippen molar-refractivity contribution in [2.45, 2.75) is 33.2 Å². The number of likely N-dealkylation sites (tertiary alicyclic amines) is 1. The van der Waals surface area contributed by atoms with E-state index in [4.69, 9.17) is 9.47 Å². The number of amides is 1. The van der Waals surface area contributed by atoms with Gasteiger partial charge in [0.2, 0.25) is 0 Å². The van der Waals surface area contributed by atoms with Crippen LogP contribution in [0.4, 0.5) is 0 Å². The van der Waals surface area contributed by atoms with Crippen LogP contribution in [0.3, 0.4) is 0 Å². The Labute approximate surface area is 207 Å². The fourth-order valence-electron chi connectivity index (χ4n) is 4.01. The minimum Gasteiger partial charge on any atom is -0.507 e. The highest BCUT2D eigenvalue weighted by molar-refractivity contribution is 6.46. The van der Waals surface area contributed by atoms with Crippen LogP contribution < -0.4 is 9.47 Å². The number of benzene rings is 2. The highest BCUT2D eigenvalue weighted by atomic mass is 16.5. The lowest BCUT2D eigenvalue weighted by Gasteiger charge is -2.27. The van der Waals surface area contributed by atoms with E-state index < -0.39 is 17.7 Å². The van der Waals surface area contributed by atoms with Gasteiger partial charge in [-0.1, -0.05) is 49.7 Å². The van der Waals surface area contributed by atoms with Gasteiger partial charge in [0.25, 0.3) is 11.7 Å². The lowest BCUT2D eigenvalue weighted by Crippen LogP contribution is -2.35. The standard InChI is InChI=1S/C28H36N2O5/c1-18(2)13-16-35-22-12-11-21(17-23(22)34-6)25-24(26(31)20-9-7-19(3)8-10-20)27(32)28(33)30(25)15-14-29(4)5/h7-12,17-18,25,31H,13-16H2,1-6H3. The van der Waals surface area contributed by atoms with Crippen molar-refractivity contribution in [1.82, 2.24) is 9.80 Å². The Kier molecular flexibility index (Phi) is 8.57. The number of nitrogens with zero attached hydrogens (tertiary/aromatic N) is 2. The molecule has 1 heterocycles. The molecule has 1 amide bonds. The number of carbonyl (C=O) groups excluding carboxylic acids is 2. The van der Waals surface area contributed by atoms with Crippen molar-refractivity contribution in [2.75, 3.05) is 40.9 Å². The molecule has 2 aromatic rings. The number of hydrogen-bond acceptors (Lipinski definition) is 6. The Hall–Kier alpha value is -3.32. The molecule has 1 aliphatic rings. The predicted octanol–water partition coefficient (Wildman–Crippen LogP) is 4.41. The minimum absolute atomic E-state index is 0.0770. The third kappa shape index (κ3) is 6.03. The van der Waals surface area contributed by atoms with E-state index in [1.807, 2.05) is 44.1 Å². The minimum atomic E-state index is -0.741. The topological polar surface area (TPSA) is 79.3 Å². The first-order valence-corrected chi connectivity index (χ1v) is 11.9. The zero-order chi connectivity index (χ0) is 25.7. The molecule has 0 aromatic heterocycles. The molecule has 7 nitrogen and oxygen atoms in total. The van der Waals surface area contributed by atoms with Gasteiger partial charge in [-0.25, -0.2) is 0 Å². The molecule has 1 N–H and O–H groups in total. The third-order valence-corrected chi connectivity index (χ3v) is 6.11. The van der Waals surface area contributed by atoms with Crippen molar-refractivity contribution in [3.05, 3.63) is 64.7 Å². The summed E-state index contributed by atoms with van der Waals surface area (Å²) >= 11 is 0. The van der Waals surface area contributed by atoms with Crippen LogP contribution in [-0.4, -0.2) is 67.5 Å². The van der Waals surface area contributed by atoms with Gasteiger partial charge in [0.05, 0.1) is 25.3 Å². The van der Waals surface area contributed by atoms with Crippen LogP contribution in [0.2, 0.25) is 0 Å². The Morgan fingerprint density at radius 1 is 1.09 bits per heavy atom. The van der Waals surface area contributed by atoms with Crippen molar-refractivity contribution in [2.24, 2.45) is 5.92 Å². The van der Waals surface area contributed by atoms with E-state index in [0.29, 0.717) is 48.2 Å². The van der Waals surface area contributed by atoms with Gasteiger partial charge in [0.15, 0.2) is 11.5 Å². The van der Waals surface area contributed by atoms with Crippen molar-refractivity contribution in [3.8, 4) is 11.5 Å². The Balaban J connectivity index is 2.08. The molecule has 1 saturated heterocycles. The van der Waals surface area contributed by atoms with Crippen molar-refractivity contribution >= 4 is 17.4 Å². The van der Waals surface area contributed by atoms with Gasteiger partial charge in [0.1, 0.15) is 5.76 Å². The zero-order valence-electron chi connectivity index (χ0n) is 21.5. The maximum absolute atomic E-state index is 13.2. The number of aryl methyl sites for hydroxylation is 1. The van der Waals surface area contributed by atoms with E-state index >= 15 is 0 Å². The fourth-order valence-corrected chi connectivity index (χ4v) is 4.01. The molecule has 0 radical (unpaired) electrons. The molecule has 2 aromatic carbocycles. The Bertz CT molecular complexity index is 1090. The zero-order valence-corrected chi connectivity index (χ0v) is 21.5. The normalized spacial score (nSPS) is 17.5. The molecular weight excluding hydrogens is 444 g/mol. The van der Waals surface area contributed by atoms with Crippen LogP contribution in [0.5, 0.6) is 11.5 Å². The van der Waals surface area contributed by atoms with E-state index in [1.165, 1.54) is 4.90 Å². The summed E-state index contributed by atoms with van der Waals surface area (Å²) in [6.45, 7) is 7.68. The summed E-state index contributed by atoms with van der Waals surface area (Å²) in [4.78, 5) is 29.7. The molecule has 35 heavy (non-hydrogen) atoms. The molecule has 0 bridgehead atoms. The number of ether oxygens (including phenoxy) is 2. The first kappa shape index (κ1) is 26.3. The summed E-state index contributed by atoms with van der Waals surface area (Å²) in [5, 5.41) is 11.2. The van der Waals surface area contributed by atoms with Crippen LogP contribution in [0.25, 0.3) is 5.76 Å². The molecular formula is C28H36N2O5. The average Bonchev–Trinajstić information content (AvgIpc) is 3.07. The molecule has 188 valence electrons. The Morgan fingerprint density at radius 2 is 1.77 bits per heavy atom. The number of Topliss-reactive ketones (excluding diaryl/α,β-unsaturated/α-hetero) is 1. The summed E-state index contributed by atoms with van der Waals surface area (Å²) in [5.41, 5.74) is 2.27. The van der Waals surface area contributed by atoms with E-state index in [-0.39, 0.29) is 11.3 Å². The second kappa shape index (κ2) is 11.4. The lowest BCUT2D eigenvalue weighted by molar-refractivity contribution is -0.140. The van der Waals surface area contributed by atoms with E-state index in [1.54, 1.807) is 31.4 Å². The monoisotopic (exact) mass is 480 g/mol. The molecule has 1 unspecified atom stereocenters. The SMILES string of the molecule is COc1cc(C2C(=C(O)c3ccc(C)cc3)C(=O)C(=O)N2CCN(C)C)ccc1OCCC(C)C. The van der Waals surface area contributed by atoms with Gasteiger partial charge < -0.3 is 24.4 Å². The molecule has 1 fully saturated rings. The first-order valence-electron chi connectivity index (χ1n) is 11.9. The first-order chi connectivity index (χ1) is 16.6. The van der Waals surface area contributed by atoms with Crippen molar-refractivity contribution < 1.29 is 24.2 Å². The number of methoxy groups -OCH3 is 1. The smallest absolute Gasteiger partial charge is 0.295 e. The number of rotatable bonds is 10. The highest BCUT2D eigenvalue weighted by Gasteiger charge is 2.46. The maximum Gasteiger partial charge on any atom is 0.295 e. The summed E-state index contributed by atoms with van der Waals surface area (Å²) < 4.78 is 11.5. The lowest BCUT2D eigenvalue weighted by atomic mass is 9.94. The number of carbonyl (C=O) groups is 2. The second-order valence-corrected chi connectivity index (χ2v) is 9.60. The maximum atomic E-state index is 13.2. The molecule has 0 spiro atoms. The van der Waals surface area contributed by atoms with Gasteiger partial charge in [-0.15, -0.1) is 0 Å². The molecule has 1 aliphatic heterocycles. The van der Waals surface area contributed by atoms with Gasteiger partial charge in [-0.05, 0) is 51.1 Å². The number of aliphatic hydroxyl groups is 1. The number of hydrogen-bond donors (Lipinski definition) is 1. The number of aliphatic hydroxyl groups excluding tert-OH is 1. The van der Waals surface area contributed by atoms with Crippen LogP contribution in [-0.2, 0) is 9.59 Å². The van der Waals surface area contributed by atoms with Crippen LogP contribution in [0, 0.1) is 12.8 Å². The van der Waals surface area contributed by atoms with Crippen molar-refractivity contribution in [1.29, 1.82) is 0 Å². The van der Waals surface area contributed by atoms with Gasteiger partial charge >= 0.3 is 0 Å². The molecule has 0 aliphatic carbocycles. The van der Waals surface area contributed by atoms with Crippen molar-refractivity contribution in [3.63, 3.8) is 0 Å². The predicted molar refractivity (Wildman–Crippen MR) is 137 cm³/mol. The average molecular weight is 481 g/mol. The number of likely N-dealkylation sites (N-methyl/N-ethyl adjacent to an activating group) is 1. The van der Waals surface area contributed by atoms with Crippen LogP contribution >= 0.6 is 0 Å². The fraction of sp³-hybridized carbons (Fsp3) is 0.429. The summed E-state index contributed by atoms with van der Waals surface area (Å²) in [7, 11) is 5.37. The van der Waals surface area contributed by atoms with Gasteiger partial charge in [-0.2, -0.15) is 0 Å². The molecule has 7 heteroatoms. The van der Waals surface area contributed by atoms with E-state index in [9.17, 15) is 14.7 Å². The van der Waals surface area contributed by atoms with E-state index in [2.05, 4.69) is 13.8 Å². The quantitative estimate of drug-likeness (QED) is 0.308. The van der Waals surface area contributed by atoms with Gasteiger partial charge in [0, 0.05) is 18.7 Å². The molecule has 1 atom stereocenters. The van der Waals surface area contributed by atoms with Crippen LogP contribution in [0.1, 0.15) is 43.0 Å². The highest BCUT2D eigenvalue weighted by Crippen LogP contribution is 2.42. The van der Waals surface area contributed by atoms with E-state index in [0.717, 1.165) is 12.0 Å². The summed E-state index contributed by atoms with van der Waals surface area (Å²) in [5.74, 6) is 0.126. The summed E-state index contributed by atoms with van der Waals surface area (Å²) in [6, 6.07) is 11.9. The second-order valence-electron chi connectivity index (χ2n) is 9.60. The van der Waals surface area contributed by atoms with Gasteiger partial charge in [-0.3, -0.25) is 9.59 Å². The molecule has 3 rings (SSSR count). The number of ketones is 1. The largest absolute Gasteiger partial charge is 0.507 e. The molecule has 0 saturated carbocycles. The Morgan fingerprint density at radius 3 is 2.37 bits per heavy atom. The van der Waals surface area contributed by atoms with Crippen LogP contribution in [0.15, 0.2) is 48.0 Å². The third-order valence-electron chi connectivity index (χ3n) is 6.11. The summed E-state index contributed by atoms with van der Waals surface area (Å²) in [6.07, 6.45) is 0.909.